The van der Waals surface area contributed by atoms with E-state index in [2.05, 4.69) is 194 Å². The number of aromatic nitrogens is 3. The summed E-state index contributed by atoms with van der Waals surface area (Å²) in [5, 5.41) is 15.3. The van der Waals surface area contributed by atoms with Crippen LogP contribution in [0.25, 0.3) is 0 Å². The van der Waals surface area contributed by atoms with Crippen molar-refractivity contribution in [3.05, 3.63) is 218 Å². The topological polar surface area (TPSA) is 124 Å². The number of aryl methyl sites for hydroxylation is 7. The minimum absolute atomic E-state index is 0.140. The van der Waals surface area contributed by atoms with E-state index in [1.165, 1.54) is 44.0 Å². The molecule has 0 spiro atoms. The van der Waals surface area contributed by atoms with Gasteiger partial charge in [-0.15, -0.1) is 0 Å². The summed E-state index contributed by atoms with van der Waals surface area (Å²) in [6.07, 6.45) is 6.51. The smallest absolute Gasteiger partial charge is 0.321 e. The first-order valence-electron chi connectivity index (χ1n) is 23.0. The number of nitro benzene ring substituents is 1. The zero-order valence-corrected chi connectivity index (χ0v) is 41.9. The van der Waals surface area contributed by atoms with E-state index in [9.17, 15) is 24.5 Å². The van der Waals surface area contributed by atoms with Gasteiger partial charge in [-0.25, -0.2) is 0 Å². The molecule has 0 saturated carbocycles. The summed E-state index contributed by atoms with van der Waals surface area (Å²) < 4.78 is 25.2. The van der Waals surface area contributed by atoms with Gasteiger partial charge in [0.25, 0.3) is 5.69 Å². The molecule has 0 atom stereocenters. The Morgan fingerprint density at radius 1 is 0.522 bits per heavy atom. The predicted octanol–water partition coefficient (Wildman–Crippen LogP) is 7.87. The average molecular weight is 955 g/mol. The van der Waals surface area contributed by atoms with Crippen molar-refractivity contribution in [2.24, 2.45) is 0 Å². The van der Waals surface area contributed by atoms with Crippen molar-refractivity contribution in [1.29, 1.82) is 0 Å². The molecule has 0 unspecified atom stereocenters. The van der Waals surface area contributed by atoms with Crippen molar-refractivity contribution in [3.8, 4) is 0 Å². The van der Waals surface area contributed by atoms with Crippen LogP contribution < -0.4 is 20.9 Å². The molecule has 0 radical (unpaired) electrons. The first-order chi connectivity index (χ1) is 33.0. The molecule has 0 fully saturated rings. The van der Waals surface area contributed by atoms with Gasteiger partial charge in [0.1, 0.15) is 17.1 Å². The lowest BCUT2D eigenvalue weighted by atomic mass is 10.1. The van der Waals surface area contributed by atoms with E-state index in [1.54, 1.807) is 26.0 Å². The van der Waals surface area contributed by atoms with E-state index in [1.807, 2.05) is 26.0 Å². The summed E-state index contributed by atoms with van der Waals surface area (Å²) in [6.45, 7) is 16.0. The van der Waals surface area contributed by atoms with Gasteiger partial charge in [-0.2, -0.15) is 9.15 Å². The minimum Gasteiger partial charge on any atom is -0.321 e. The first-order valence-corrected chi connectivity index (χ1v) is 26.5. The van der Waals surface area contributed by atoms with Crippen LogP contribution in [-0.2, 0) is 24.6 Å². The highest BCUT2D eigenvalue weighted by molar-refractivity contribution is 7.60. The molecular formula is C55H57N7O5PSi+3. The Morgan fingerprint density at radius 2 is 0.913 bits per heavy atom. The Balaban J connectivity index is 0.000000132. The maximum absolute atomic E-state index is 11.6. The van der Waals surface area contributed by atoms with Gasteiger partial charge < -0.3 is 9.79 Å². The second kappa shape index (κ2) is 18.7. The zero-order valence-electron chi connectivity index (χ0n) is 40.0. The van der Waals surface area contributed by atoms with Gasteiger partial charge in [0.15, 0.2) is 18.6 Å². The van der Waals surface area contributed by atoms with Gasteiger partial charge in [-0.1, -0.05) is 91.0 Å². The van der Waals surface area contributed by atoms with Crippen LogP contribution in [0.2, 0.25) is 0 Å². The van der Waals surface area contributed by atoms with Crippen molar-refractivity contribution in [3.63, 3.8) is 0 Å². The van der Waals surface area contributed by atoms with Gasteiger partial charge >= 0.3 is 15.8 Å². The summed E-state index contributed by atoms with van der Waals surface area (Å²) in [4.78, 5) is 29.4. The zero-order chi connectivity index (χ0) is 48.8. The van der Waals surface area contributed by atoms with Gasteiger partial charge in [0.2, 0.25) is 31.4 Å². The molecule has 6 heterocycles. The van der Waals surface area contributed by atoms with E-state index in [-0.39, 0.29) is 15.9 Å². The monoisotopic (exact) mass is 954 g/mol. The molecule has 8 aromatic rings. The third-order valence-electron chi connectivity index (χ3n) is 13.5. The van der Waals surface area contributed by atoms with Crippen molar-refractivity contribution in [2.45, 2.75) is 68.5 Å². The standard InChI is InChI=1S/C25H23N2Si.C15H16N3O2.C15H17N2O3P/c1-21-17-18-22-19-26(20-27(21)22)28(23-11-5-2-6-12-23,24-13-7-3-8-14-24)25-15-9-4-10-16-25;1-10-6-14(18(19)20)7-11(2)15(10)16-8-13-5-4-12(3)17(13)9-16;1-10-6-14(7-11(2)15(10)21(18,19)20)16-8-13-5-4-12(3)17(13)9-16/h2-19H,20H2,1H3;4-8H,9H2,1-3H3;4-8H,9H2,1-3H3,(H-,18,19,20)/q2*+1;/p+1. The number of rotatable bonds is 8. The van der Waals surface area contributed by atoms with Crippen molar-refractivity contribution < 1.29 is 32.7 Å². The lowest BCUT2D eigenvalue weighted by Crippen LogP contribution is -2.74. The molecule has 2 N–H and O–H groups in total. The van der Waals surface area contributed by atoms with Crippen LogP contribution in [0.3, 0.4) is 0 Å². The Labute approximate surface area is 403 Å². The molecule has 14 heteroatoms. The number of hydrogen-bond donors (Lipinski definition) is 2. The Bertz CT molecular complexity index is 3280. The van der Waals surface area contributed by atoms with Crippen molar-refractivity contribution >= 4 is 72.4 Å². The van der Waals surface area contributed by atoms with Crippen LogP contribution in [0.5, 0.6) is 0 Å². The molecular weight excluding hydrogens is 898 g/mol. The average Bonchev–Trinajstić information content (AvgIpc) is 4.19. The molecule has 0 saturated heterocycles. The van der Waals surface area contributed by atoms with Crippen LogP contribution >= 0.6 is 7.60 Å². The highest BCUT2D eigenvalue weighted by atomic mass is 31.2. The normalized spacial score (nSPS) is 13.6. The van der Waals surface area contributed by atoms with E-state index >= 15 is 0 Å². The fraction of sp³-hybridized carbons (Fsp3) is 0.182. The maximum Gasteiger partial charge on any atom is 0.458 e. The highest BCUT2D eigenvalue weighted by Crippen LogP contribution is 2.38. The summed E-state index contributed by atoms with van der Waals surface area (Å²) in [7, 11) is -6.65. The molecule has 5 aromatic carbocycles. The molecule has 0 bridgehead atoms. The van der Waals surface area contributed by atoms with Crippen LogP contribution in [-0.4, -0.2) is 68.7 Å². The molecule has 348 valence electrons. The van der Waals surface area contributed by atoms with E-state index in [0.717, 1.165) is 48.2 Å². The van der Waals surface area contributed by atoms with E-state index in [0.29, 0.717) is 11.1 Å². The summed E-state index contributed by atoms with van der Waals surface area (Å²) >= 11 is 0. The van der Waals surface area contributed by atoms with Crippen molar-refractivity contribution in [1.82, 2.24) is 13.7 Å². The third kappa shape index (κ3) is 8.86. The minimum atomic E-state index is -4.23. The van der Waals surface area contributed by atoms with Gasteiger partial charge in [-0.3, -0.25) is 32.6 Å². The van der Waals surface area contributed by atoms with Crippen LogP contribution in [0.4, 0.5) is 17.1 Å². The Kier molecular flexibility index (Phi) is 12.7. The van der Waals surface area contributed by atoms with Crippen molar-refractivity contribution in [2.75, 3.05) is 0 Å². The number of nitrogens with zero attached hydrogens (tertiary/aromatic N) is 7. The quantitative estimate of drug-likeness (QED) is 0.0401. The SMILES string of the molecule is Cc1cc([N+](=O)[O-])cc(C)c1[N+]1=Cc2ccc(C)n2C1.Cc1cc([N+]2=Cc3ccc(C)n3C2)cc(C)c1P(=O)(O)O.Cc1ccc2n1C[N+]([Si](c1ccccc1)(c1ccccc1)c1ccccc1)=C2. The first kappa shape index (κ1) is 46.8. The summed E-state index contributed by atoms with van der Waals surface area (Å²) in [6, 6.07) is 52.9. The number of hydrogen-bond acceptors (Lipinski definition) is 3. The molecule has 0 amide bonds. The Hall–Kier alpha value is -7.28. The van der Waals surface area contributed by atoms with Crippen LogP contribution in [0, 0.1) is 58.6 Å². The van der Waals surface area contributed by atoms with Gasteiger partial charge in [-0.05, 0) is 96.0 Å². The molecule has 3 aromatic heterocycles. The number of benzene rings is 5. The predicted molar refractivity (Wildman–Crippen MR) is 277 cm³/mol. The van der Waals surface area contributed by atoms with E-state index in [4.69, 9.17) is 0 Å². The maximum atomic E-state index is 11.6. The Morgan fingerprint density at radius 3 is 1.30 bits per heavy atom. The molecule has 69 heavy (non-hydrogen) atoms. The number of fused-ring (bicyclic) bond motifs is 3. The molecule has 12 nitrogen and oxygen atoms in total. The largest absolute Gasteiger partial charge is 0.458 e. The summed E-state index contributed by atoms with van der Waals surface area (Å²) in [5.41, 5.74) is 12.6. The molecule has 3 aliphatic rings. The van der Waals surface area contributed by atoms with Gasteiger partial charge in [0.05, 0.1) is 10.2 Å². The third-order valence-corrected chi connectivity index (χ3v) is 19.4. The van der Waals surface area contributed by atoms with Crippen LogP contribution in [0.1, 0.15) is 56.4 Å². The molecule has 0 aliphatic carbocycles. The number of non-ortho nitro benzene ring substituents is 1. The second-order valence-electron chi connectivity index (χ2n) is 18.2. The lowest BCUT2D eigenvalue weighted by molar-refractivity contribution is -0.464. The fourth-order valence-corrected chi connectivity index (χ4v) is 16.1. The fourth-order valence-electron chi connectivity index (χ4n) is 10.3. The summed E-state index contributed by atoms with van der Waals surface area (Å²) in [5.74, 6) is 0. The number of nitro groups is 1. The lowest BCUT2D eigenvalue weighted by Gasteiger charge is -2.27. The molecule has 3 aliphatic heterocycles. The van der Waals surface area contributed by atoms with E-state index < -0.39 is 15.8 Å². The van der Waals surface area contributed by atoms with Gasteiger partial charge in [0, 0.05) is 68.0 Å². The highest BCUT2D eigenvalue weighted by Gasteiger charge is 2.55. The van der Waals surface area contributed by atoms with Crippen LogP contribution in [0.15, 0.2) is 152 Å². The molecule has 11 rings (SSSR count). The second-order valence-corrected chi connectivity index (χ2v) is 23.4.